The number of rotatable bonds is 1. The van der Waals surface area contributed by atoms with Gasteiger partial charge in [-0.2, -0.15) is 0 Å². The Morgan fingerprint density at radius 1 is 1.25 bits per heavy atom. The molecule has 0 aromatic heterocycles. The van der Waals surface area contributed by atoms with Crippen LogP contribution in [0.1, 0.15) is 66.7 Å². The van der Waals surface area contributed by atoms with Crippen LogP contribution in [0.25, 0.3) is 0 Å². The summed E-state index contributed by atoms with van der Waals surface area (Å²) in [5.41, 5.74) is 1.05. The zero-order valence-electron chi connectivity index (χ0n) is 17.9. The number of carbonyl (C=O) groups excluding carboxylic acids is 2. The van der Waals surface area contributed by atoms with Crippen LogP contribution in [0.5, 0.6) is 0 Å². The van der Waals surface area contributed by atoms with E-state index in [1.807, 2.05) is 6.92 Å². The Morgan fingerprint density at radius 2 is 1.89 bits per heavy atom. The minimum atomic E-state index is -1.21. The number of carbonyl (C=O) groups is 2. The van der Waals surface area contributed by atoms with Crippen LogP contribution in [0.2, 0.25) is 0 Å². The summed E-state index contributed by atoms with van der Waals surface area (Å²) < 4.78 is 5.63. The van der Waals surface area contributed by atoms with Gasteiger partial charge in [0, 0.05) is 17.4 Å². The molecule has 158 valence electrons. The Kier molecular flexibility index (Phi) is 7.27. The number of fused-ring (bicyclic) bond motifs is 1. The first kappa shape index (κ1) is 22.8. The van der Waals surface area contributed by atoms with Gasteiger partial charge in [-0.25, -0.2) is 0 Å². The molecule has 0 saturated heterocycles. The number of aliphatic hydroxyl groups excluding tert-OH is 2. The summed E-state index contributed by atoms with van der Waals surface area (Å²) in [4.78, 5) is 25.0. The number of Topliss-reactive ketones (excluding diaryl/α,β-unsaturated/α-hetero) is 1. The lowest BCUT2D eigenvalue weighted by atomic mass is 9.71. The van der Waals surface area contributed by atoms with Gasteiger partial charge in [-0.3, -0.25) is 9.59 Å². The van der Waals surface area contributed by atoms with Crippen molar-refractivity contribution in [1.29, 1.82) is 0 Å². The normalized spacial score (nSPS) is 37.5. The molecule has 5 heteroatoms. The molecule has 0 aromatic carbocycles. The SMILES string of the molecule is C=C(C)[C@@H]1C[C@H](C)C(C)(C)CCC[C@@H]2C=C(C(=O)[C@H](C)[C@H]2O)[C@@H](O)CC(=O)O1. The fourth-order valence-corrected chi connectivity index (χ4v) is 4.23. The summed E-state index contributed by atoms with van der Waals surface area (Å²) in [6.45, 7) is 14.1. The van der Waals surface area contributed by atoms with E-state index in [1.165, 1.54) is 0 Å². The molecule has 6 atom stereocenters. The second-order valence-corrected chi connectivity index (χ2v) is 9.49. The van der Waals surface area contributed by atoms with E-state index in [9.17, 15) is 19.8 Å². The van der Waals surface area contributed by atoms with E-state index in [1.54, 1.807) is 13.0 Å². The second kappa shape index (κ2) is 8.91. The monoisotopic (exact) mass is 392 g/mol. The number of cyclic esters (lactones) is 1. The van der Waals surface area contributed by atoms with Crippen LogP contribution < -0.4 is 0 Å². The van der Waals surface area contributed by atoms with Crippen molar-refractivity contribution in [3.63, 3.8) is 0 Å². The van der Waals surface area contributed by atoms with E-state index in [0.717, 1.165) is 24.8 Å². The average molecular weight is 393 g/mol. The molecule has 28 heavy (non-hydrogen) atoms. The van der Waals surface area contributed by atoms with Crippen molar-refractivity contribution in [2.45, 2.75) is 85.0 Å². The fourth-order valence-electron chi connectivity index (χ4n) is 4.23. The van der Waals surface area contributed by atoms with Gasteiger partial charge in [0.15, 0.2) is 5.78 Å². The van der Waals surface area contributed by atoms with Gasteiger partial charge in [0.05, 0.1) is 18.6 Å². The highest BCUT2D eigenvalue weighted by molar-refractivity contribution is 5.99. The van der Waals surface area contributed by atoms with Crippen molar-refractivity contribution in [3.05, 3.63) is 23.8 Å². The van der Waals surface area contributed by atoms with Gasteiger partial charge < -0.3 is 14.9 Å². The van der Waals surface area contributed by atoms with Crippen LogP contribution in [-0.4, -0.2) is 40.3 Å². The Morgan fingerprint density at radius 3 is 2.50 bits per heavy atom. The largest absolute Gasteiger partial charge is 0.458 e. The summed E-state index contributed by atoms with van der Waals surface area (Å²) in [7, 11) is 0. The van der Waals surface area contributed by atoms with Gasteiger partial charge in [0.2, 0.25) is 0 Å². The zero-order valence-corrected chi connectivity index (χ0v) is 17.9. The molecule has 0 aromatic rings. The second-order valence-electron chi connectivity index (χ2n) is 9.49. The summed E-state index contributed by atoms with van der Waals surface area (Å²) >= 11 is 0. The molecule has 0 spiro atoms. The maximum absolute atomic E-state index is 12.6. The van der Waals surface area contributed by atoms with Gasteiger partial charge in [-0.1, -0.05) is 46.8 Å². The molecule has 0 fully saturated rings. The van der Waals surface area contributed by atoms with Gasteiger partial charge in [-0.15, -0.1) is 0 Å². The maximum atomic E-state index is 12.6. The molecular formula is C23H36O5. The zero-order chi connectivity index (χ0) is 21.2. The average Bonchev–Trinajstić information content (AvgIpc) is 2.59. The quantitative estimate of drug-likeness (QED) is 0.526. The molecule has 1 heterocycles. The first-order valence-corrected chi connectivity index (χ1v) is 10.4. The Balaban J connectivity index is 2.35. The van der Waals surface area contributed by atoms with Crippen molar-refractivity contribution in [2.75, 3.05) is 0 Å². The van der Waals surface area contributed by atoms with Gasteiger partial charge >= 0.3 is 5.97 Å². The van der Waals surface area contributed by atoms with E-state index in [0.29, 0.717) is 12.3 Å². The lowest BCUT2D eigenvalue weighted by Crippen LogP contribution is -2.41. The molecule has 1 aliphatic carbocycles. The minimum absolute atomic E-state index is 0.0390. The standard InChI is InChI=1S/C23H36O5/c1-13(2)19-10-14(3)23(5,6)9-7-8-16-11-17(18(24)12-20(25)28-19)22(27)15(4)21(16)26/h11,14-16,18-19,21,24,26H,1,7-10,12H2,2-6H3/t14-,15+,16+,18-,19-,21+/m0/s1. The third-order valence-corrected chi connectivity index (χ3v) is 6.85. The Labute approximate surface area is 168 Å². The summed E-state index contributed by atoms with van der Waals surface area (Å²) in [6, 6.07) is 0. The molecule has 0 amide bonds. The van der Waals surface area contributed by atoms with Crippen LogP contribution in [0.4, 0.5) is 0 Å². The molecule has 5 nitrogen and oxygen atoms in total. The number of esters is 1. The molecule has 0 saturated carbocycles. The Bertz CT molecular complexity index is 647. The van der Waals surface area contributed by atoms with Crippen LogP contribution in [0.3, 0.4) is 0 Å². The highest BCUT2D eigenvalue weighted by Gasteiger charge is 2.39. The molecule has 2 rings (SSSR count). The summed E-state index contributed by atoms with van der Waals surface area (Å²) in [5, 5.41) is 21.1. The molecule has 0 radical (unpaired) electrons. The van der Waals surface area contributed by atoms with Crippen molar-refractivity contribution in [1.82, 2.24) is 0 Å². The summed E-state index contributed by atoms with van der Waals surface area (Å²) in [5.74, 6) is -1.30. The summed E-state index contributed by atoms with van der Waals surface area (Å²) in [6.07, 6.45) is 2.35. The van der Waals surface area contributed by atoms with Crippen molar-refractivity contribution in [2.24, 2.45) is 23.2 Å². The first-order chi connectivity index (χ1) is 12.9. The molecular weight excluding hydrogens is 356 g/mol. The van der Waals surface area contributed by atoms with E-state index in [-0.39, 0.29) is 29.1 Å². The molecule has 2 N–H and O–H groups in total. The lowest BCUT2D eigenvalue weighted by molar-refractivity contribution is -0.150. The highest BCUT2D eigenvalue weighted by Crippen LogP contribution is 2.39. The van der Waals surface area contributed by atoms with Crippen LogP contribution in [0.15, 0.2) is 23.8 Å². The fraction of sp³-hybridized carbons (Fsp3) is 0.739. The molecule has 2 bridgehead atoms. The number of hydrogen-bond acceptors (Lipinski definition) is 5. The highest BCUT2D eigenvalue weighted by atomic mass is 16.5. The van der Waals surface area contributed by atoms with Crippen LogP contribution in [-0.2, 0) is 14.3 Å². The van der Waals surface area contributed by atoms with Crippen LogP contribution >= 0.6 is 0 Å². The molecule has 2 aliphatic rings. The lowest BCUT2D eigenvalue weighted by Gasteiger charge is -2.37. The topological polar surface area (TPSA) is 83.8 Å². The van der Waals surface area contributed by atoms with Gasteiger partial charge in [0.1, 0.15) is 6.10 Å². The van der Waals surface area contributed by atoms with E-state index < -0.39 is 30.2 Å². The third-order valence-electron chi connectivity index (χ3n) is 6.85. The van der Waals surface area contributed by atoms with E-state index in [4.69, 9.17) is 4.74 Å². The van der Waals surface area contributed by atoms with Gasteiger partial charge in [0.25, 0.3) is 0 Å². The number of ether oxygens (including phenoxy) is 1. The molecule has 1 aliphatic heterocycles. The maximum Gasteiger partial charge on any atom is 0.309 e. The van der Waals surface area contributed by atoms with Crippen LogP contribution in [0, 0.1) is 23.2 Å². The van der Waals surface area contributed by atoms with Gasteiger partial charge in [-0.05, 0) is 43.1 Å². The van der Waals surface area contributed by atoms with Crippen molar-refractivity contribution in [3.8, 4) is 0 Å². The number of hydrogen-bond donors (Lipinski definition) is 2. The number of ketones is 1. The Hall–Kier alpha value is -1.46. The van der Waals surface area contributed by atoms with E-state index in [2.05, 4.69) is 27.4 Å². The first-order valence-electron chi connectivity index (χ1n) is 10.4. The van der Waals surface area contributed by atoms with E-state index >= 15 is 0 Å². The molecule has 0 unspecified atom stereocenters. The smallest absolute Gasteiger partial charge is 0.309 e. The van der Waals surface area contributed by atoms with Crippen molar-refractivity contribution < 1.29 is 24.5 Å². The third kappa shape index (κ3) is 5.12. The predicted octanol–water partition coefficient (Wildman–Crippen LogP) is 3.58. The van der Waals surface area contributed by atoms with Crippen molar-refractivity contribution >= 4 is 11.8 Å². The predicted molar refractivity (Wildman–Crippen MR) is 108 cm³/mol. The minimum Gasteiger partial charge on any atom is -0.458 e. The number of aliphatic hydroxyl groups is 2.